The van der Waals surface area contributed by atoms with Crippen LogP contribution in [0.3, 0.4) is 0 Å². The fourth-order valence-corrected chi connectivity index (χ4v) is 5.61. The molecule has 8 nitrogen and oxygen atoms in total. The Morgan fingerprint density at radius 3 is 2.89 bits per heavy atom. The van der Waals surface area contributed by atoms with Crippen LogP contribution in [0, 0.1) is 17.1 Å². The summed E-state index contributed by atoms with van der Waals surface area (Å²) >= 11 is 6.68. The molecule has 2 aliphatic heterocycles. The number of aromatic nitrogens is 2. The second-order valence-electron chi connectivity index (χ2n) is 9.55. The van der Waals surface area contributed by atoms with E-state index < -0.39 is 5.82 Å². The third kappa shape index (κ3) is 4.52. The van der Waals surface area contributed by atoms with Crippen molar-refractivity contribution in [3.63, 3.8) is 0 Å². The standard InChI is InChI=1S/C26H28ClFN6O2/c1-32-10-3-4-17(32)15-34-22-13-18(24-21(28)5-2-6-23(24)35)20(27)12-19(22)25(31-26(34)36)33-11-9-30-16(14-33)7-8-29/h2,5-6,12-13,16-17,30,35H,3-4,7,9-11,14-15H2,1H3/t16-,17-/m0/s1. The predicted molar refractivity (Wildman–Crippen MR) is 138 cm³/mol. The lowest BCUT2D eigenvalue weighted by atomic mass is 10.0. The summed E-state index contributed by atoms with van der Waals surface area (Å²) in [5.41, 5.74) is 0.505. The van der Waals surface area contributed by atoms with Crippen LogP contribution in [0.5, 0.6) is 5.75 Å². The van der Waals surface area contributed by atoms with E-state index in [9.17, 15) is 14.3 Å². The van der Waals surface area contributed by atoms with Crippen molar-refractivity contribution >= 4 is 28.3 Å². The van der Waals surface area contributed by atoms with E-state index in [4.69, 9.17) is 16.9 Å². The van der Waals surface area contributed by atoms with Crippen molar-refractivity contribution in [3.8, 4) is 22.9 Å². The summed E-state index contributed by atoms with van der Waals surface area (Å²) in [6.45, 7) is 3.21. The number of nitrogens with one attached hydrogen (secondary N) is 1. The number of likely N-dealkylation sites (N-methyl/N-ethyl adjacent to an activating group) is 1. The van der Waals surface area contributed by atoms with E-state index in [0.717, 1.165) is 19.4 Å². The quantitative estimate of drug-likeness (QED) is 0.543. The summed E-state index contributed by atoms with van der Waals surface area (Å²) in [6.07, 6.45) is 2.37. The number of aromatic hydroxyl groups is 1. The lowest BCUT2D eigenvalue weighted by molar-refractivity contribution is 0.281. The SMILES string of the molecule is CN1CCC[C@H]1Cn1c(=O)nc(N2CCN[C@@H](CC#N)C2)c2cc(Cl)c(-c3c(O)cccc3F)cc21. The first-order valence-electron chi connectivity index (χ1n) is 12.1. The minimum Gasteiger partial charge on any atom is -0.507 e. The molecular weight excluding hydrogens is 483 g/mol. The molecule has 0 aliphatic carbocycles. The van der Waals surface area contributed by atoms with Gasteiger partial charge in [-0.1, -0.05) is 17.7 Å². The zero-order valence-corrected chi connectivity index (χ0v) is 20.8. The Kier molecular flexibility index (Phi) is 6.84. The number of rotatable bonds is 5. The van der Waals surface area contributed by atoms with Gasteiger partial charge in [0, 0.05) is 54.2 Å². The Hall–Kier alpha value is -3.19. The van der Waals surface area contributed by atoms with Crippen LogP contribution >= 0.6 is 11.6 Å². The van der Waals surface area contributed by atoms with E-state index in [1.165, 1.54) is 18.2 Å². The van der Waals surface area contributed by atoms with Gasteiger partial charge in [-0.2, -0.15) is 10.2 Å². The molecule has 3 heterocycles. The number of phenolic OH excluding ortho intramolecular Hbond substituents is 1. The van der Waals surface area contributed by atoms with E-state index in [1.807, 2.05) is 11.9 Å². The number of halogens is 2. The molecule has 2 aliphatic rings. The van der Waals surface area contributed by atoms with Crippen LogP contribution in [0.25, 0.3) is 22.0 Å². The number of likely N-dealkylation sites (tertiary alicyclic amines) is 1. The maximum atomic E-state index is 14.8. The lowest BCUT2D eigenvalue weighted by Crippen LogP contribution is -2.51. The molecule has 2 N–H and O–H groups in total. The van der Waals surface area contributed by atoms with Gasteiger partial charge in [0.2, 0.25) is 0 Å². The number of benzene rings is 2. The molecule has 0 bridgehead atoms. The monoisotopic (exact) mass is 510 g/mol. The third-order valence-electron chi connectivity index (χ3n) is 7.27. The van der Waals surface area contributed by atoms with Crippen molar-refractivity contribution in [2.45, 2.75) is 37.9 Å². The molecule has 2 saturated heterocycles. The molecule has 2 fully saturated rings. The van der Waals surface area contributed by atoms with Gasteiger partial charge in [0.15, 0.2) is 0 Å². The molecular formula is C26H28ClFN6O2. The molecule has 1 aromatic heterocycles. The van der Waals surface area contributed by atoms with Gasteiger partial charge in [0.05, 0.1) is 23.6 Å². The molecule has 0 spiro atoms. The molecule has 0 unspecified atom stereocenters. The predicted octanol–water partition coefficient (Wildman–Crippen LogP) is 3.35. The molecule has 0 amide bonds. The second kappa shape index (κ2) is 10.1. The van der Waals surface area contributed by atoms with Gasteiger partial charge in [-0.3, -0.25) is 4.57 Å². The maximum Gasteiger partial charge on any atom is 0.350 e. The van der Waals surface area contributed by atoms with E-state index in [1.54, 1.807) is 16.7 Å². The van der Waals surface area contributed by atoms with E-state index in [0.29, 0.717) is 54.9 Å². The van der Waals surface area contributed by atoms with E-state index >= 15 is 0 Å². The van der Waals surface area contributed by atoms with Gasteiger partial charge in [0.25, 0.3) is 0 Å². The maximum absolute atomic E-state index is 14.8. The highest BCUT2D eigenvalue weighted by molar-refractivity contribution is 6.34. The van der Waals surface area contributed by atoms with Crippen LogP contribution in [0.2, 0.25) is 5.02 Å². The third-order valence-corrected chi connectivity index (χ3v) is 7.58. The number of phenols is 1. The Bertz CT molecular complexity index is 1380. The van der Waals surface area contributed by atoms with Crippen LogP contribution in [0.4, 0.5) is 10.2 Å². The van der Waals surface area contributed by atoms with Gasteiger partial charge in [-0.25, -0.2) is 9.18 Å². The van der Waals surface area contributed by atoms with Gasteiger partial charge < -0.3 is 20.2 Å². The number of piperazine rings is 1. The zero-order chi connectivity index (χ0) is 25.4. The molecule has 0 radical (unpaired) electrons. The largest absolute Gasteiger partial charge is 0.507 e. The van der Waals surface area contributed by atoms with Crippen molar-refractivity contribution in [1.82, 2.24) is 19.8 Å². The van der Waals surface area contributed by atoms with Gasteiger partial charge >= 0.3 is 5.69 Å². The van der Waals surface area contributed by atoms with Gasteiger partial charge in [0.1, 0.15) is 17.4 Å². The summed E-state index contributed by atoms with van der Waals surface area (Å²) in [5.74, 6) is -0.325. The fraction of sp³-hybridized carbons (Fsp3) is 0.423. The number of nitrogens with zero attached hydrogens (tertiary/aromatic N) is 5. The second-order valence-corrected chi connectivity index (χ2v) is 9.95. The molecule has 2 atom stereocenters. The van der Waals surface area contributed by atoms with Gasteiger partial charge in [-0.05, 0) is 50.7 Å². The zero-order valence-electron chi connectivity index (χ0n) is 20.0. The summed E-state index contributed by atoms with van der Waals surface area (Å²) in [6, 6.07) is 9.83. The highest BCUT2D eigenvalue weighted by Crippen LogP contribution is 2.40. The smallest absolute Gasteiger partial charge is 0.350 e. The molecule has 2 aromatic carbocycles. The molecule has 5 rings (SSSR count). The summed E-state index contributed by atoms with van der Waals surface area (Å²) in [4.78, 5) is 22.2. The van der Waals surface area contributed by atoms with Crippen LogP contribution in [0.1, 0.15) is 19.3 Å². The normalized spacial score (nSPS) is 20.7. The van der Waals surface area contributed by atoms with Crippen LogP contribution in [-0.4, -0.2) is 64.9 Å². The Morgan fingerprint density at radius 2 is 2.17 bits per heavy atom. The highest BCUT2D eigenvalue weighted by Gasteiger charge is 2.27. The number of hydrogen-bond acceptors (Lipinski definition) is 7. The van der Waals surface area contributed by atoms with Crippen molar-refractivity contribution in [3.05, 3.63) is 51.7 Å². The van der Waals surface area contributed by atoms with Crippen LogP contribution in [0.15, 0.2) is 35.1 Å². The number of hydrogen-bond donors (Lipinski definition) is 2. The Labute approximate surface area is 213 Å². The first-order chi connectivity index (χ1) is 17.4. The number of anilines is 1. The Morgan fingerprint density at radius 1 is 1.33 bits per heavy atom. The average molecular weight is 511 g/mol. The average Bonchev–Trinajstić information content (AvgIpc) is 3.26. The molecule has 0 saturated carbocycles. The van der Waals surface area contributed by atoms with E-state index in [-0.39, 0.29) is 34.1 Å². The Balaban J connectivity index is 1.71. The van der Waals surface area contributed by atoms with Crippen LogP contribution in [-0.2, 0) is 6.54 Å². The summed E-state index contributed by atoms with van der Waals surface area (Å²) in [5, 5.41) is 23.8. The van der Waals surface area contributed by atoms with Gasteiger partial charge in [-0.15, -0.1) is 0 Å². The minimum atomic E-state index is -0.601. The molecule has 188 valence electrons. The lowest BCUT2D eigenvalue weighted by Gasteiger charge is -2.34. The van der Waals surface area contributed by atoms with Crippen molar-refractivity contribution in [2.24, 2.45) is 0 Å². The highest BCUT2D eigenvalue weighted by atomic mass is 35.5. The molecule has 3 aromatic rings. The first-order valence-corrected chi connectivity index (χ1v) is 12.5. The van der Waals surface area contributed by atoms with Crippen molar-refractivity contribution in [1.29, 1.82) is 5.26 Å². The first kappa shape index (κ1) is 24.5. The molecule has 10 heteroatoms. The number of fused-ring (bicyclic) bond motifs is 1. The van der Waals surface area contributed by atoms with Crippen molar-refractivity contribution < 1.29 is 9.50 Å². The summed E-state index contributed by atoms with van der Waals surface area (Å²) < 4.78 is 16.4. The fourth-order valence-electron chi connectivity index (χ4n) is 5.35. The van der Waals surface area contributed by atoms with Crippen molar-refractivity contribution in [2.75, 3.05) is 38.1 Å². The number of nitriles is 1. The van der Waals surface area contributed by atoms with Crippen LogP contribution < -0.4 is 15.9 Å². The molecule has 36 heavy (non-hydrogen) atoms. The summed E-state index contributed by atoms with van der Waals surface area (Å²) in [7, 11) is 2.04. The topological polar surface area (TPSA) is 97.4 Å². The minimum absolute atomic E-state index is 0.00370. The van der Waals surface area contributed by atoms with E-state index in [2.05, 4.69) is 21.3 Å².